The van der Waals surface area contributed by atoms with Gasteiger partial charge >= 0.3 is 0 Å². The summed E-state index contributed by atoms with van der Waals surface area (Å²) in [5, 5.41) is 0. The van der Waals surface area contributed by atoms with Gasteiger partial charge in [-0.1, -0.05) is 22.2 Å². The first-order valence-electron chi connectivity index (χ1n) is 4.19. The molecule has 0 amide bonds. The number of carbonyl (C=O) groups excluding carboxylic acids is 1. The van der Waals surface area contributed by atoms with Crippen LogP contribution in [0.3, 0.4) is 0 Å². The van der Waals surface area contributed by atoms with E-state index in [9.17, 15) is 4.79 Å². The smallest absolute Gasteiger partial charge is 0.136 e. The molecule has 0 N–H and O–H groups in total. The molecule has 6 atom stereocenters. The van der Waals surface area contributed by atoms with Crippen LogP contribution in [0.2, 0.25) is 0 Å². The number of carbonyl (C=O) groups is 1. The second-order valence-electron chi connectivity index (χ2n) is 3.25. The molecule has 4 unspecified atom stereocenters. The van der Waals surface area contributed by atoms with E-state index in [4.69, 9.17) is 0 Å². The first-order chi connectivity index (χ1) is 5.66. The fourth-order valence-electron chi connectivity index (χ4n) is 1.65. The molecule has 0 spiro atoms. The van der Waals surface area contributed by atoms with Crippen molar-refractivity contribution in [1.29, 1.82) is 0 Å². The number of ketones is 1. The predicted molar refractivity (Wildman–Crippen MR) is 66.5 cm³/mol. The summed E-state index contributed by atoms with van der Waals surface area (Å²) in [7, 11) is 6.72. The van der Waals surface area contributed by atoms with Gasteiger partial charge in [0.05, 0.1) is 0 Å². The Bertz CT molecular complexity index is 173. The van der Waals surface area contributed by atoms with Crippen molar-refractivity contribution in [2.24, 2.45) is 5.92 Å². The highest BCUT2D eigenvalue weighted by Gasteiger charge is 2.30. The zero-order valence-corrected chi connectivity index (χ0v) is 11.5. The van der Waals surface area contributed by atoms with E-state index >= 15 is 0 Å². The van der Waals surface area contributed by atoms with E-state index in [1.165, 1.54) is 6.42 Å². The van der Waals surface area contributed by atoms with Crippen LogP contribution in [-0.2, 0) is 4.79 Å². The van der Waals surface area contributed by atoms with Crippen LogP contribution < -0.4 is 0 Å². The Morgan fingerprint density at radius 1 is 1.67 bits per heavy atom. The lowest BCUT2D eigenvalue weighted by molar-refractivity contribution is -0.123. The van der Waals surface area contributed by atoms with Crippen LogP contribution in [0.15, 0.2) is 0 Å². The van der Waals surface area contributed by atoms with Gasteiger partial charge in [0.2, 0.25) is 0 Å². The maximum absolute atomic E-state index is 11.4. The lowest BCUT2D eigenvalue weighted by Crippen LogP contribution is -2.27. The van der Waals surface area contributed by atoms with Crippen molar-refractivity contribution >= 4 is 38.9 Å². The van der Waals surface area contributed by atoms with Crippen LogP contribution in [0, 0.1) is 5.92 Å². The highest BCUT2D eigenvalue weighted by molar-refractivity contribution is 8.61. The van der Waals surface area contributed by atoms with Gasteiger partial charge < -0.3 is 0 Å². The first kappa shape index (κ1) is 11.5. The molecule has 0 aromatic carbocycles. The van der Waals surface area contributed by atoms with Gasteiger partial charge in [-0.3, -0.25) is 4.79 Å². The molecule has 12 heavy (non-hydrogen) atoms. The maximum atomic E-state index is 11.4. The molecule has 0 heterocycles. The average molecular weight is 240 g/mol. The van der Waals surface area contributed by atoms with Gasteiger partial charge in [-0.2, -0.15) is 0 Å². The van der Waals surface area contributed by atoms with Gasteiger partial charge in [-0.25, -0.2) is 0 Å². The summed E-state index contributed by atoms with van der Waals surface area (Å²) in [5.74, 6) is 0.819. The van der Waals surface area contributed by atoms with Gasteiger partial charge in [0, 0.05) is 12.3 Å². The molecule has 0 aromatic rings. The average Bonchev–Trinajstić information content (AvgIpc) is 2.08. The second-order valence-corrected chi connectivity index (χ2v) is 12.9. The van der Waals surface area contributed by atoms with Crippen molar-refractivity contribution in [1.82, 2.24) is 0 Å². The third-order valence-corrected chi connectivity index (χ3v) is 14.0. The summed E-state index contributed by atoms with van der Waals surface area (Å²) in [6.45, 7) is 2.11. The number of rotatable bonds is 2. The van der Waals surface area contributed by atoms with E-state index in [0.717, 1.165) is 20.8 Å². The van der Waals surface area contributed by atoms with Crippen LogP contribution in [-0.4, -0.2) is 11.4 Å². The minimum Gasteiger partial charge on any atom is -0.299 e. The monoisotopic (exact) mass is 240 g/mol. The van der Waals surface area contributed by atoms with Gasteiger partial charge in [-0.05, 0) is 18.5 Å². The van der Waals surface area contributed by atoms with E-state index in [-0.39, 0.29) is 7.30 Å². The molecule has 1 aliphatic carbocycles. The zero-order valence-electron chi connectivity index (χ0n) is 7.29. The van der Waals surface area contributed by atoms with Gasteiger partial charge in [0.15, 0.2) is 0 Å². The van der Waals surface area contributed by atoms with Crippen molar-refractivity contribution in [3.63, 3.8) is 0 Å². The van der Waals surface area contributed by atoms with Crippen molar-refractivity contribution in [2.75, 3.05) is 0 Å². The van der Waals surface area contributed by atoms with E-state index in [1.54, 1.807) is 0 Å². The number of hydrogen-bond acceptors (Lipinski definition) is 1. The van der Waals surface area contributed by atoms with Gasteiger partial charge in [0.1, 0.15) is 5.78 Å². The first-order valence-corrected chi connectivity index (χ1v) is 10.9. The number of hydrogen-bond donors (Lipinski definition) is 0. The zero-order chi connectivity index (χ0) is 9.14. The van der Waals surface area contributed by atoms with Crippen LogP contribution in [0.1, 0.15) is 26.2 Å². The molecule has 0 aromatic heterocycles. The Labute approximate surface area is 81.8 Å². The Morgan fingerprint density at radius 3 is 2.92 bits per heavy atom. The molecule has 1 saturated carbocycles. The third-order valence-electron chi connectivity index (χ3n) is 2.51. The molecule has 1 aliphatic rings. The third kappa shape index (κ3) is 2.69. The number of Topliss-reactive ketones (excluding diaryl/α,β-unsaturated/α-hetero) is 1. The van der Waals surface area contributed by atoms with Gasteiger partial charge in [-0.15, -0.1) is 17.9 Å². The largest absolute Gasteiger partial charge is 0.299 e. The summed E-state index contributed by atoms with van der Waals surface area (Å²) < 4.78 is 0. The van der Waals surface area contributed by atoms with E-state index in [1.807, 2.05) is 0 Å². The quantitative estimate of drug-likeness (QED) is 0.676. The van der Waals surface area contributed by atoms with Crippen molar-refractivity contribution in [2.45, 2.75) is 31.8 Å². The minimum absolute atomic E-state index is 0.0241. The topological polar surface area (TPSA) is 17.1 Å². The van der Waals surface area contributed by atoms with Gasteiger partial charge in [0.25, 0.3) is 0 Å². The molecule has 1 nitrogen and oxygen atoms in total. The Kier molecular flexibility index (Phi) is 5.08. The summed E-state index contributed by atoms with van der Waals surface area (Å²) in [5.41, 5.74) is 0.682. The van der Waals surface area contributed by atoms with Crippen molar-refractivity contribution < 1.29 is 4.79 Å². The molecule has 0 bridgehead atoms. The molecule has 0 saturated heterocycles. The Morgan fingerprint density at radius 2 is 2.33 bits per heavy atom. The molecule has 1 rings (SSSR count). The van der Waals surface area contributed by atoms with Crippen LogP contribution in [0.25, 0.3) is 0 Å². The molecule has 0 radical (unpaired) electrons. The molecule has 5 heteroatoms. The molecular formula is C7H16OP4. The summed E-state index contributed by atoms with van der Waals surface area (Å²) >= 11 is 0. The second kappa shape index (κ2) is 5.32. The maximum Gasteiger partial charge on any atom is 0.136 e. The minimum atomic E-state index is 0.0241. The molecule has 70 valence electrons. The summed E-state index contributed by atoms with van der Waals surface area (Å²) in [4.78, 5) is 11.4. The molecule has 0 aliphatic heterocycles. The van der Waals surface area contributed by atoms with E-state index in [0.29, 0.717) is 17.4 Å². The van der Waals surface area contributed by atoms with Crippen LogP contribution >= 0.6 is 33.1 Å². The standard InChI is InChI=1S/C7H16OP4/c1-5-6(8)3-2-4-7(5)12(10)11-9/h5,7,11H,2-4,9-10H2,1H3/t5-,7+,12?/m0/s1. The highest BCUT2D eigenvalue weighted by atomic mass is 32.6. The lowest BCUT2D eigenvalue weighted by Gasteiger charge is -2.31. The Hall–Kier alpha value is 1.39. The predicted octanol–water partition coefficient (Wildman–Crippen LogP) is 3.40. The SMILES string of the molecule is C[C@H]1C(=O)CCC[C@H]1P(P)PP. The van der Waals surface area contributed by atoms with Crippen LogP contribution in [0.5, 0.6) is 0 Å². The van der Waals surface area contributed by atoms with Crippen molar-refractivity contribution in [3.8, 4) is 0 Å². The molecular weight excluding hydrogens is 224 g/mol. The fourth-order valence-corrected chi connectivity index (χ4v) is 7.53. The van der Waals surface area contributed by atoms with E-state index in [2.05, 4.69) is 24.8 Å². The van der Waals surface area contributed by atoms with Crippen molar-refractivity contribution in [3.05, 3.63) is 0 Å². The summed E-state index contributed by atoms with van der Waals surface area (Å²) in [6.07, 6.45) is 3.21. The van der Waals surface area contributed by atoms with Crippen LogP contribution in [0.4, 0.5) is 0 Å². The highest BCUT2D eigenvalue weighted by Crippen LogP contribution is 2.71. The fraction of sp³-hybridized carbons (Fsp3) is 0.857. The lowest BCUT2D eigenvalue weighted by atomic mass is 9.89. The summed E-state index contributed by atoms with van der Waals surface area (Å²) in [6, 6.07) is 0. The van der Waals surface area contributed by atoms with E-state index < -0.39 is 0 Å². The normalized spacial score (nSPS) is 34.4. The molecule has 1 fully saturated rings. The Balaban J connectivity index is 2.57.